The Kier molecular flexibility index (Phi) is 3.28. The third-order valence-corrected chi connectivity index (χ3v) is 3.16. The van der Waals surface area contributed by atoms with E-state index in [2.05, 4.69) is 22.3 Å². The minimum Gasteiger partial charge on any atom is -0.337 e. The van der Waals surface area contributed by atoms with Crippen LogP contribution in [0.5, 0.6) is 0 Å². The molecule has 0 radical (unpaired) electrons. The molecule has 0 amide bonds. The number of rotatable bonds is 4. The molecule has 92 valence electrons. The zero-order valence-electron chi connectivity index (χ0n) is 10.9. The van der Waals surface area contributed by atoms with Gasteiger partial charge < -0.3 is 9.88 Å². The Morgan fingerprint density at radius 2 is 2.00 bits per heavy atom. The molecule has 5 nitrogen and oxygen atoms in total. The van der Waals surface area contributed by atoms with E-state index < -0.39 is 0 Å². The summed E-state index contributed by atoms with van der Waals surface area (Å²) in [6, 6.07) is 0. The lowest BCUT2D eigenvalue weighted by Gasteiger charge is -2.05. The molecule has 0 aliphatic carbocycles. The summed E-state index contributed by atoms with van der Waals surface area (Å²) in [7, 11) is 3.98. The lowest BCUT2D eigenvalue weighted by molar-refractivity contribution is 0.634. The molecule has 2 aromatic rings. The van der Waals surface area contributed by atoms with Gasteiger partial charge in [0, 0.05) is 44.3 Å². The second-order valence-electron chi connectivity index (χ2n) is 4.33. The summed E-state index contributed by atoms with van der Waals surface area (Å²) >= 11 is 0. The van der Waals surface area contributed by atoms with Gasteiger partial charge in [-0.2, -0.15) is 5.10 Å². The third kappa shape index (κ3) is 2.39. The molecule has 0 bridgehead atoms. The van der Waals surface area contributed by atoms with Gasteiger partial charge >= 0.3 is 0 Å². The summed E-state index contributed by atoms with van der Waals surface area (Å²) in [5.74, 6) is 1.05. The fourth-order valence-corrected chi connectivity index (χ4v) is 1.94. The molecule has 2 heterocycles. The molecule has 0 fully saturated rings. The molecule has 1 N–H and O–H groups in total. The summed E-state index contributed by atoms with van der Waals surface area (Å²) in [6.45, 7) is 5.75. The fraction of sp³-hybridized carbons (Fsp3) is 0.500. The largest absolute Gasteiger partial charge is 0.337 e. The van der Waals surface area contributed by atoms with Crippen LogP contribution in [0, 0.1) is 13.8 Å². The van der Waals surface area contributed by atoms with Crippen molar-refractivity contribution in [2.75, 3.05) is 0 Å². The van der Waals surface area contributed by atoms with Crippen LogP contribution in [0.4, 0.5) is 0 Å². The van der Waals surface area contributed by atoms with Gasteiger partial charge in [-0.3, -0.25) is 4.68 Å². The zero-order chi connectivity index (χ0) is 12.4. The van der Waals surface area contributed by atoms with Gasteiger partial charge in [0.05, 0.1) is 12.2 Å². The van der Waals surface area contributed by atoms with E-state index in [9.17, 15) is 0 Å². The Morgan fingerprint density at radius 3 is 2.53 bits per heavy atom. The second-order valence-corrected chi connectivity index (χ2v) is 4.33. The average Bonchev–Trinajstić information content (AvgIpc) is 2.78. The van der Waals surface area contributed by atoms with Crippen molar-refractivity contribution >= 4 is 0 Å². The molecular weight excluding hydrogens is 214 g/mol. The predicted octanol–water partition coefficient (Wildman–Crippen LogP) is 1.06. The summed E-state index contributed by atoms with van der Waals surface area (Å²) < 4.78 is 3.95. The Bertz CT molecular complexity index is 509. The van der Waals surface area contributed by atoms with Crippen LogP contribution in [0.3, 0.4) is 0 Å². The highest BCUT2D eigenvalue weighted by molar-refractivity contribution is 5.23. The van der Waals surface area contributed by atoms with Crippen molar-refractivity contribution in [2.45, 2.75) is 26.9 Å². The van der Waals surface area contributed by atoms with Crippen molar-refractivity contribution < 1.29 is 0 Å². The molecule has 17 heavy (non-hydrogen) atoms. The summed E-state index contributed by atoms with van der Waals surface area (Å²) in [4.78, 5) is 4.28. The normalized spacial score (nSPS) is 11.1. The fourth-order valence-electron chi connectivity index (χ4n) is 1.94. The molecule has 0 atom stereocenters. The molecule has 2 aromatic heterocycles. The number of aryl methyl sites for hydroxylation is 3. The second kappa shape index (κ2) is 4.71. The number of hydrogen-bond acceptors (Lipinski definition) is 3. The molecule has 0 aliphatic rings. The number of nitrogens with one attached hydrogen (secondary N) is 1. The first-order valence-electron chi connectivity index (χ1n) is 5.75. The Morgan fingerprint density at radius 1 is 1.24 bits per heavy atom. The van der Waals surface area contributed by atoms with Gasteiger partial charge in [-0.15, -0.1) is 0 Å². The first kappa shape index (κ1) is 11.9. The highest BCUT2D eigenvalue weighted by atomic mass is 15.3. The topological polar surface area (TPSA) is 47.7 Å². The van der Waals surface area contributed by atoms with Crippen molar-refractivity contribution in [3.8, 4) is 0 Å². The number of aromatic nitrogens is 4. The van der Waals surface area contributed by atoms with Crippen LogP contribution < -0.4 is 5.32 Å². The summed E-state index contributed by atoms with van der Waals surface area (Å²) in [5, 5.41) is 7.80. The molecule has 0 unspecified atom stereocenters. The van der Waals surface area contributed by atoms with Crippen molar-refractivity contribution in [1.82, 2.24) is 24.6 Å². The maximum Gasteiger partial charge on any atom is 0.122 e. The van der Waals surface area contributed by atoms with Crippen LogP contribution in [0.2, 0.25) is 0 Å². The molecule has 2 rings (SSSR count). The van der Waals surface area contributed by atoms with E-state index in [1.165, 1.54) is 11.3 Å². The van der Waals surface area contributed by atoms with Gasteiger partial charge in [-0.1, -0.05) is 0 Å². The molecule has 0 saturated heterocycles. The third-order valence-electron chi connectivity index (χ3n) is 3.16. The van der Waals surface area contributed by atoms with Crippen LogP contribution in [-0.4, -0.2) is 19.3 Å². The SMILES string of the molecule is Cc1nn(C)c(C)c1CNCc1nccn1C. The number of nitrogens with zero attached hydrogens (tertiary/aromatic N) is 4. The smallest absolute Gasteiger partial charge is 0.122 e. The standard InChI is InChI=1S/C12H19N5/c1-9-11(10(2)17(4)15-9)7-13-8-12-14-5-6-16(12)3/h5-6,13H,7-8H2,1-4H3. The van der Waals surface area contributed by atoms with Crippen molar-refractivity contribution in [3.05, 3.63) is 35.2 Å². The van der Waals surface area contributed by atoms with Gasteiger partial charge in [0.25, 0.3) is 0 Å². The molecular formula is C12H19N5. The van der Waals surface area contributed by atoms with Crippen molar-refractivity contribution in [3.63, 3.8) is 0 Å². The van der Waals surface area contributed by atoms with E-state index in [1.54, 1.807) is 0 Å². The average molecular weight is 233 g/mol. The van der Waals surface area contributed by atoms with E-state index in [-0.39, 0.29) is 0 Å². The van der Waals surface area contributed by atoms with Crippen molar-refractivity contribution in [2.24, 2.45) is 14.1 Å². The van der Waals surface area contributed by atoms with E-state index in [1.807, 2.05) is 42.7 Å². The Balaban J connectivity index is 1.97. The molecule has 0 saturated carbocycles. The van der Waals surface area contributed by atoms with Crippen LogP contribution >= 0.6 is 0 Å². The van der Waals surface area contributed by atoms with E-state index in [0.717, 1.165) is 24.6 Å². The molecule has 0 aliphatic heterocycles. The number of imidazole rings is 1. The maximum absolute atomic E-state index is 4.40. The molecule has 0 aromatic carbocycles. The van der Waals surface area contributed by atoms with Crippen molar-refractivity contribution in [1.29, 1.82) is 0 Å². The van der Waals surface area contributed by atoms with Gasteiger partial charge in [0.2, 0.25) is 0 Å². The van der Waals surface area contributed by atoms with Gasteiger partial charge in [0.15, 0.2) is 0 Å². The maximum atomic E-state index is 4.40. The highest BCUT2D eigenvalue weighted by Gasteiger charge is 2.08. The highest BCUT2D eigenvalue weighted by Crippen LogP contribution is 2.11. The first-order valence-corrected chi connectivity index (χ1v) is 5.75. The zero-order valence-corrected chi connectivity index (χ0v) is 10.9. The van der Waals surface area contributed by atoms with E-state index in [4.69, 9.17) is 0 Å². The van der Waals surface area contributed by atoms with E-state index >= 15 is 0 Å². The minimum absolute atomic E-state index is 0.775. The lowest BCUT2D eigenvalue weighted by atomic mass is 10.2. The van der Waals surface area contributed by atoms with E-state index in [0.29, 0.717) is 0 Å². The summed E-state index contributed by atoms with van der Waals surface area (Å²) in [6.07, 6.45) is 3.77. The quantitative estimate of drug-likeness (QED) is 0.859. The Labute approximate surface area is 101 Å². The number of hydrogen-bond donors (Lipinski definition) is 1. The predicted molar refractivity (Wildman–Crippen MR) is 66.4 cm³/mol. The van der Waals surface area contributed by atoms with Crippen LogP contribution in [-0.2, 0) is 27.2 Å². The molecule has 0 spiro atoms. The van der Waals surface area contributed by atoms with Crippen LogP contribution in [0.15, 0.2) is 12.4 Å². The van der Waals surface area contributed by atoms with Gasteiger partial charge in [-0.05, 0) is 13.8 Å². The summed E-state index contributed by atoms with van der Waals surface area (Å²) in [5.41, 5.74) is 3.59. The first-order chi connectivity index (χ1) is 8.09. The monoisotopic (exact) mass is 233 g/mol. The van der Waals surface area contributed by atoms with Crippen LogP contribution in [0.25, 0.3) is 0 Å². The minimum atomic E-state index is 0.775. The van der Waals surface area contributed by atoms with Gasteiger partial charge in [-0.25, -0.2) is 4.98 Å². The van der Waals surface area contributed by atoms with Crippen LogP contribution in [0.1, 0.15) is 22.8 Å². The van der Waals surface area contributed by atoms with Gasteiger partial charge in [0.1, 0.15) is 5.82 Å². The molecule has 5 heteroatoms. The Hall–Kier alpha value is -1.62. The lowest BCUT2D eigenvalue weighted by Crippen LogP contribution is -2.16.